The fourth-order valence-corrected chi connectivity index (χ4v) is 9.15. The van der Waals surface area contributed by atoms with Crippen LogP contribution in [0.1, 0.15) is 77.0 Å². The second-order valence-electron chi connectivity index (χ2n) is 18.6. The Balaban J connectivity index is 1.32. The molecular formula is C56H58N8O16. The third kappa shape index (κ3) is 12.4. The van der Waals surface area contributed by atoms with Gasteiger partial charge in [-0.25, -0.2) is 29.9 Å². The Kier molecular flexibility index (Phi) is 17.2. The minimum Gasteiger partial charge on any atom is -0.493 e. The molecule has 80 heavy (non-hydrogen) atoms. The standard InChI is InChI=1S/C56H58N8O16/c1-73-37-21-29-33(25-41(37)77-17-9-5-13-45(65)66)53-57-49(29)61-54-34-26-42(78-18-10-6-14-46(67)68)38(74-2)22-30(34)51(58-54)63-56-36-28-44(80-20-12-8-16-48(71)72)40(76-4)24-32(36)52(60-56)64-55-35-27-43(79-19-11-7-15-47(69)70)39(75-3)23-31(35)50(59-55)62-53/h21-28H,5-20H2,1-4H3,(H,65,66)(H,67,68)(H,69,70)(H,71,72)(H2,57,58,59,60,61,62,63,64). The van der Waals surface area contributed by atoms with Gasteiger partial charge >= 0.3 is 23.9 Å². The molecule has 7 aromatic rings. The van der Waals surface area contributed by atoms with E-state index in [0.717, 1.165) is 0 Å². The predicted octanol–water partition coefficient (Wildman–Crippen LogP) is 9.44. The molecule has 6 N–H and O–H groups in total. The van der Waals surface area contributed by atoms with Crippen molar-refractivity contribution in [3.8, 4) is 91.5 Å². The van der Waals surface area contributed by atoms with Crippen LogP contribution in [0.5, 0.6) is 46.0 Å². The molecule has 418 valence electrons. The number of hydrogen-bond donors (Lipinski definition) is 6. The molecule has 5 heterocycles. The van der Waals surface area contributed by atoms with Crippen LogP contribution in [0.15, 0.2) is 48.5 Å². The van der Waals surface area contributed by atoms with Crippen LogP contribution in [0.3, 0.4) is 0 Å². The zero-order valence-corrected chi connectivity index (χ0v) is 44.3. The summed E-state index contributed by atoms with van der Waals surface area (Å²) in [6.07, 6.45) is 3.38. The van der Waals surface area contributed by atoms with Crippen LogP contribution in [0.4, 0.5) is 0 Å². The number of hydrogen-bond acceptors (Lipinski definition) is 18. The second-order valence-corrected chi connectivity index (χ2v) is 18.6. The number of unbranched alkanes of at least 4 members (excludes halogenated alkanes) is 4. The Morgan fingerprint density at radius 2 is 0.562 bits per heavy atom. The zero-order chi connectivity index (χ0) is 56.5. The van der Waals surface area contributed by atoms with E-state index in [1.807, 2.05) is 0 Å². The van der Waals surface area contributed by atoms with Crippen LogP contribution in [0, 0.1) is 0 Å². The number of aliphatic carboxylic acids is 4. The summed E-state index contributed by atoms with van der Waals surface area (Å²) in [6.45, 7) is 0.773. The number of nitrogens with zero attached hydrogens (tertiary/aromatic N) is 6. The summed E-state index contributed by atoms with van der Waals surface area (Å²) in [4.78, 5) is 82.7. The molecule has 0 spiro atoms. The smallest absolute Gasteiger partial charge is 0.303 e. The summed E-state index contributed by atoms with van der Waals surface area (Å²) in [5, 5.41) is 39.1. The van der Waals surface area contributed by atoms with Crippen molar-refractivity contribution < 1.29 is 77.5 Å². The Morgan fingerprint density at radius 3 is 0.812 bits per heavy atom. The average Bonchev–Trinajstić information content (AvgIpc) is 4.36. The number of methoxy groups -OCH3 is 4. The van der Waals surface area contributed by atoms with Gasteiger partial charge in [-0.15, -0.1) is 0 Å². The molecule has 8 bridgehead atoms. The van der Waals surface area contributed by atoms with Crippen LogP contribution in [-0.2, 0) is 19.2 Å². The van der Waals surface area contributed by atoms with Crippen molar-refractivity contribution in [2.45, 2.75) is 77.0 Å². The number of nitrogens with one attached hydrogen (secondary N) is 2. The van der Waals surface area contributed by atoms with Gasteiger partial charge in [0.05, 0.1) is 54.9 Å². The van der Waals surface area contributed by atoms with E-state index in [0.29, 0.717) is 164 Å². The summed E-state index contributed by atoms with van der Waals surface area (Å²) in [5.41, 5.74) is 3.26. The quantitative estimate of drug-likeness (QED) is 0.0249. The number of aromatic amines is 2. The Hall–Kier alpha value is -9.48. The van der Waals surface area contributed by atoms with Gasteiger partial charge in [0.15, 0.2) is 69.3 Å². The van der Waals surface area contributed by atoms with E-state index in [4.69, 9.17) is 67.8 Å². The first kappa shape index (κ1) is 55.3. The number of rotatable bonds is 28. The van der Waals surface area contributed by atoms with Gasteiger partial charge in [-0.3, -0.25) is 19.2 Å². The average molecular weight is 1100 g/mol. The minimum absolute atomic E-state index is 0.0119. The summed E-state index contributed by atoms with van der Waals surface area (Å²) in [5.74, 6) is 0.0728. The minimum atomic E-state index is -0.905. The molecule has 0 fully saturated rings. The number of ether oxygens (including phenoxy) is 8. The maximum Gasteiger partial charge on any atom is 0.303 e. The van der Waals surface area contributed by atoms with Crippen LogP contribution in [0.2, 0.25) is 0 Å². The van der Waals surface area contributed by atoms with Gasteiger partial charge in [0.2, 0.25) is 0 Å². The number of H-pyrrole nitrogens is 2. The zero-order valence-electron chi connectivity index (χ0n) is 44.3. The molecule has 0 saturated heterocycles. The number of carboxylic acid groups (broad SMARTS) is 4. The first-order valence-electron chi connectivity index (χ1n) is 25.8. The number of carboxylic acids is 4. The Morgan fingerprint density at radius 1 is 0.338 bits per heavy atom. The lowest BCUT2D eigenvalue weighted by Crippen LogP contribution is -2.02. The third-order valence-electron chi connectivity index (χ3n) is 13.1. The van der Waals surface area contributed by atoms with E-state index in [1.54, 1.807) is 48.5 Å². The van der Waals surface area contributed by atoms with Gasteiger partial charge in [0.25, 0.3) is 0 Å². The Labute approximate surface area is 456 Å². The highest BCUT2D eigenvalue weighted by atomic mass is 16.5. The first-order chi connectivity index (χ1) is 38.7. The SMILES string of the molecule is COc1cc2c(cc1OCCCCC(=O)O)-c1nc-2nc2[nH]c(nc3nc(nc4[nH]c(n1)c1cc(OC)c(OCCCCC(=O)O)cc41)-c1cc(OC)c(OCCCCC(=O)O)cc1-3)c1cc(OC)c(OCCCCC(=O)O)cc21. The molecule has 4 aromatic carbocycles. The van der Waals surface area contributed by atoms with Crippen molar-refractivity contribution in [2.24, 2.45) is 0 Å². The van der Waals surface area contributed by atoms with Gasteiger partial charge in [-0.2, -0.15) is 0 Å². The Bertz CT molecular complexity index is 3450. The maximum atomic E-state index is 11.3. The molecule has 9 rings (SSSR count). The molecule has 24 heteroatoms. The highest BCUT2D eigenvalue weighted by Crippen LogP contribution is 2.46. The van der Waals surface area contributed by atoms with Crippen molar-refractivity contribution >= 4 is 68.0 Å². The summed E-state index contributed by atoms with van der Waals surface area (Å²) >= 11 is 0. The molecule has 0 radical (unpaired) electrons. The summed E-state index contributed by atoms with van der Waals surface area (Å²) in [7, 11) is 6.00. The highest BCUT2D eigenvalue weighted by molar-refractivity contribution is 6.08. The molecular weight excluding hydrogens is 1040 g/mol. The van der Waals surface area contributed by atoms with E-state index in [-0.39, 0.29) is 75.4 Å². The number of fused-ring (bicyclic) bond motifs is 20. The lowest BCUT2D eigenvalue weighted by Gasteiger charge is -2.12. The van der Waals surface area contributed by atoms with Crippen LogP contribution < -0.4 is 37.9 Å². The summed E-state index contributed by atoms with van der Waals surface area (Å²) < 4.78 is 48.4. The largest absolute Gasteiger partial charge is 0.493 e. The van der Waals surface area contributed by atoms with E-state index in [2.05, 4.69) is 9.97 Å². The monoisotopic (exact) mass is 1100 g/mol. The van der Waals surface area contributed by atoms with E-state index >= 15 is 0 Å². The topological polar surface area (TPSA) is 332 Å². The predicted molar refractivity (Wildman–Crippen MR) is 290 cm³/mol. The van der Waals surface area contributed by atoms with Gasteiger partial charge in [-0.1, -0.05) is 0 Å². The molecule has 0 saturated carbocycles. The van der Waals surface area contributed by atoms with Gasteiger partial charge < -0.3 is 68.3 Å². The van der Waals surface area contributed by atoms with Crippen molar-refractivity contribution in [3.63, 3.8) is 0 Å². The number of aromatic nitrogens is 8. The van der Waals surface area contributed by atoms with E-state index in [9.17, 15) is 39.6 Å². The van der Waals surface area contributed by atoms with Crippen molar-refractivity contribution in [2.75, 3.05) is 54.9 Å². The molecule has 0 aliphatic carbocycles. The molecule has 0 atom stereocenters. The first-order valence-corrected chi connectivity index (χ1v) is 25.8. The molecule has 0 unspecified atom stereocenters. The second kappa shape index (κ2) is 24.9. The third-order valence-corrected chi connectivity index (χ3v) is 13.1. The van der Waals surface area contributed by atoms with Crippen LogP contribution in [-0.4, -0.2) is 139 Å². The van der Waals surface area contributed by atoms with Crippen LogP contribution in [0.25, 0.3) is 89.7 Å². The van der Waals surface area contributed by atoms with Gasteiger partial charge in [0, 0.05) is 69.5 Å². The molecule has 2 aliphatic heterocycles. The number of benzene rings is 4. The van der Waals surface area contributed by atoms with Gasteiger partial charge in [0.1, 0.15) is 22.6 Å². The maximum absolute atomic E-state index is 11.3. The van der Waals surface area contributed by atoms with E-state index in [1.165, 1.54) is 28.4 Å². The van der Waals surface area contributed by atoms with Crippen molar-refractivity contribution in [3.05, 3.63) is 48.5 Å². The normalized spacial score (nSPS) is 11.4. The lowest BCUT2D eigenvalue weighted by atomic mass is 10.1. The molecule has 0 amide bonds. The summed E-state index contributed by atoms with van der Waals surface area (Å²) in [6, 6.07) is 14.0. The lowest BCUT2D eigenvalue weighted by molar-refractivity contribution is -0.138. The molecule has 2 aliphatic rings. The molecule has 3 aromatic heterocycles. The van der Waals surface area contributed by atoms with E-state index < -0.39 is 23.9 Å². The van der Waals surface area contributed by atoms with Gasteiger partial charge in [-0.05, 0) is 99.9 Å². The van der Waals surface area contributed by atoms with Crippen molar-refractivity contribution in [1.82, 2.24) is 39.9 Å². The van der Waals surface area contributed by atoms with Crippen LogP contribution >= 0.6 is 0 Å². The van der Waals surface area contributed by atoms with Crippen molar-refractivity contribution in [1.29, 1.82) is 0 Å². The number of carbonyl (C=O) groups is 4. The highest BCUT2D eigenvalue weighted by Gasteiger charge is 2.27. The molecule has 24 nitrogen and oxygen atoms in total. The fraction of sp³-hybridized carbons (Fsp3) is 0.357. The fourth-order valence-electron chi connectivity index (χ4n) is 9.15.